The van der Waals surface area contributed by atoms with Gasteiger partial charge in [-0.25, -0.2) is 0 Å². The summed E-state index contributed by atoms with van der Waals surface area (Å²) >= 11 is 0. The summed E-state index contributed by atoms with van der Waals surface area (Å²) in [5.41, 5.74) is 1.26. The van der Waals surface area contributed by atoms with E-state index in [2.05, 4.69) is 12.2 Å². The van der Waals surface area contributed by atoms with Crippen LogP contribution in [0.25, 0.3) is 0 Å². The zero-order valence-electron chi connectivity index (χ0n) is 11.4. The van der Waals surface area contributed by atoms with E-state index in [9.17, 15) is 5.11 Å². The van der Waals surface area contributed by atoms with Crippen molar-refractivity contribution in [3.63, 3.8) is 0 Å². The minimum Gasteiger partial charge on any atom is -0.508 e. The third-order valence-electron chi connectivity index (χ3n) is 3.09. The second kappa shape index (κ2) is 8.11. The van der Waals surface area contributed by atoms with Crippen LogP contribution in [0.2, 0.25) is 0 Å². The van der Waals surface area contributed by atoms with Crippen LogP contribution in [0.15, 0.2) is 24.3 Å². The fourth-order valence-corrected chi connectivity index (χ4v) is 1.89. The van der Waals surface area contributed by atoms with Gasteiger partial charge < -0.3 is 15.5 Å². The molecule has 0 aromatic heterocycles. The number of benzene rings is 1. The van der Waals surface area contributed by atoms with E-state index in [-0.39, 0.29) is 6.10 Å². The van der Waals surface area contributed by atoms with Crippen LogP contribution >= 0.6 is 0 Å². The number of aryl methyl sites for hydroxylation is 1. The first-order valence-electron chi connectivity index (χ1n) is 6.77. The summed E-state index contributed by atoms with van der Waals surface area (Å²) in [5, 5.41) is 21.8. The van der Waals surface area contributed by atoms with Crippen LogP contribution in [-0.4, -0.2) is 28.9 Å². The number of phenols is 1. The lowest BCUT2D eigenvalue weighted by Gasteiger charge is -2.14. The fourth-order valence-electron chi connectivity index (χ4n) is 1.89. The van der Waals surface area contributed by atoms with E-state index < -0.39 is 0 Å². The Morgan fingerprint density at radius 2 is 1.78 bits per heavy atom. The smallest absolute Gasteiger partial charge is 0.115 e. The van der Waals surface area contributed by atoms with Crippen molar-refractivity contribution in [3.05, 3.63) is 29.8 Å². The Morgan fingerprint density at radius 3 is 2.39 bits per heavy atom. The summed E-state index contributed by atoms with van der Waals surface area (Å²) < 4.78 is 0. The van der Waals surface area contributed by atoms with Crippen molar-refractivity contribution in [2.75, 3.05) is 6.54 Å². The van der Waals surface area contributed by atoms with Crippen LogP contribution in [-0.2, 0) is 6.42 Å². The third kappa shape index (κ3) is 6.62. The Balaban J connectivity index is 2.13. The molecule has 0 fully saturated rings. The number of rotatable bonds is 8. The number of hydrogen-bond acceptors (Lipinski definition) is 3. The van der Waals surface area contributed by atoms with E-state index in [0.717, 1.165) is 32.2 Å². The first-order chi connectivity index (χ1) is 8.58. The molecule has 0 aliphatic heterocycles. The Hall–Kier alpha value is -1.06. The summed E-state index contributed by atoms with van der Waals surface area (Å²) in [6, 6.07) is 7.88. The highest BCUT2D eigenvalue weighted by Crippen LogP contribution is 2.11. The highest BCUT2D eigenvalue weighted by molar-refractivity contribution is 5.25. The summed E-state index contributed by atoms with van der Waals surface area (Å²) in [6.45, 7) is 4.97. The van der Waals surface area contributed by atoms with Gasteiger partial charge >= 0.3 is 0 Å². The molecule has 3 nitrogen and oxygen atoms in total. The second-order valence-electron chi connectivity index (χ2n) is 5.05. The van der Waals surface area contributed by atoms with Gasteiger partial charge in [0.25, 0.3) is 0 Å². The standard InChI is InChI=1S/C15H25NO2/c1-12(16-11-3-4-13(2)17)5-6-14-7-9-15(18)10-8-14/h7-10,12-13,16-18H,3-6,11H2,1-2H3. The molecule has 0 radical (unpaired) electrons. The van der Waals surface area contributed by atoms with Gasteiger partial charge in [-0.2, -0.15) is 0 Å². The molecule has 18 heavy (non-hydrogen) atoms. The summed E-state index contributed by atoms with van der Waals surface area (Å²) in [7, 11) is 0. The minimum atomic E-state index is -0.195. The van der Waals surface area contributed by atoms with Gasteiger partial charge in [0.1, 0.15) is 5.75 Å². The summed E-state index contributed by atoms with van der Waals surface area (Å²) in [4.78, 5) is 0. The fraction of sp³-hybridized carbons (Fsp3) is 0.600. The molecule has 2 atom stereocenters. The number of phenolic OH excluding ortho intramolecular Hbond substituents is 1. The van der Waals surface area contributed by atoms with E-state index in [0.29, 0.717) is 11.8 Å². The number of aliphatic hydroxyl groups is 1. The highest BCUT2D eigenvalue weighted by Gasteiger charge is 2.02. The molecule has 0 saturated heterocycles. The number of aliphatic hydroxyl groups excluding tert-OH is 1. The van der Waals surface area contributed by atoms with E-state index in [1.54, 1.807) is 12.1 Å². The van der Waals surface area contributed by atoms with Crippen LogP contribution < -0.4 is 5.32 Å². The van der Waals surface area contributed by atoms with E-state index in [1.807, 2.05) is 19.1 Å². The Kier molecular flexibility index (Phi) is 6.76. The van der Waals surface area contributed by atoms with Crippen molar-refractivity contribution in [2.24, 2.45) is 0 Å². The highest BCUT2D eigenvalue weighted by atomic mass is 16.3. The van der Waals surface area contributed by atoms with Gasteiger partial charge in [0, 0.05) is 6.04 Å². The van der Waals surface area contributed by atoms with Crippen LogP contribution in [0.3, 0.4) is 0 Å². The number of nitrogens with one attached hydrogen (secondary N) is 1. The monoisotopic (exact) mass is 251 g/mol. The van der Waals surface area contributed by atoms with Crippen molar-refractivity contribution in [1.29, 1.82) is 0 Å². The molecular weight excluding hydrogens is 226 g/mol. The maximum absolute atomic E-state index is 9.19. The first-order valence-corrected chi connectivity index (χ1v) is 6.77. The van der Waals surface area contributed by atoms with Crippen molar-refractivity contribution in [3.8, 4) is 5.75 Å². The number of hydrogen-bond donors (Lipinski definition) is 3. The molecule has 3 heteroatoms. The summed E-state index contributed by atoms with van der Waals surface area (Å²) in [5.74, 6) is 0.322. The average Bonchev–Trinajstić information content (AvgIpc) is 2.34. The van der Waals surface area contributed by atoms with Gasteiger partial charge in [-0.3, -0.25) is 0 Å². The molecule has 2 unspecified atom stereocenters. The minimum absolute atomic E-state index is 0.195. The second-order valence-corrected chi connectivity index (χ2v) is 5.05. The van der Waals surface area contributed by atoms with Crippen LogP contribution in [0.4, 0.5) is 0 Å². The van der Waals surface area contributed by atoms with Gasteiger partial charge in [0.05, 0.1) is 6.10 Å². The molecule has 3 N–H and O–H groups in total. The first kappa shape index (κ1) is 15.0. The van der Waals surface area contributed by atoms with Crippen molar-refractivity contribution in [1.82, 2.24) is 5.32 Å². The predicted molar refractivity (Wildman–Crippen MR) is 74.8 cm³/mol. The summed E-state index contributed by atoms with van der Waals surface area (Å²) in [6.07, 6.45) is 3.78. The molecule has 1 aromatic rings. The Bertz CT molecular complexity index is 322. The van der Waals surface area contributed by atoms with Gasteiger partial charge in [0.2, 0.25) is 0 Å². The van der Waals surface area contributed by atoms with Gasteiger partial charge in [-0.1, -0.05) is 12.1 Å². The molecule has 0 bridgehead atoms. The lowest BCUT2D eigenvalue weighted by molar-refractivity contribution is 0.181. The molecule has 0 aliphatic carbocycles. The zero-order chi connectivity index (χ0) is 13.4. The lowest BCUT2D eigenvalue weighted by atomic mass is 10.1. The van der Waals surface area contributed by atoms with Crippen molar-refractivity contribution < 1.29 is 10.2 Å². The molecule has 0 saturated carbocycles. The maximum atomic E-state index is 9.19. The molecule has 0 heterocycles. The maximum Gasteiger partial charge on any atom is 0.115 e. The van der Waals surface area contributed by atoms with Crippen LogP contribution in [0.1, 0.15) is 38.7 Å². The molecule has 1 aromatic carbocycles. The Morgan fingerprint density at radius 1 is 1.11 bits per heavy atom. The third-order valence-corrected chi connectivity index (χ3v) is 3.09. The molecule has 0 aliphatic rings. The predicted octanol–water partition coefficient (Wildman–Crippen LogP) is 2.46. The molecule has 0 amide bonds. The molecule has 0 spiro atoms. The van der Waals surface area contributed by atoms with E-state index >= 15 is 0 Å². The molecule has 1 rings (SSSR count). The normalized spacial score (nSPS) is 14.4. The molecular formula is C15H25NO2. The zero-order valence-corrected chi connectivity index (χ0v) is 11.4. The van der Waals surface area contributed by atoms with Gasteiger partial charge in [-0.05, 0) is 63.8 Å². The van der Waals surface area contributed by atoms with E-state index in [1.165, 1.54) is 5.56 Å². The van der Waals surface area contributed by atoms with Crippen LogP contribution in [0, 0.1) is 0 Å². The van der Waals surface area contributed by atoms with Crippen molar-refractivity contribution >= 4 is 0 Å². The van der Waals surface area contributed by atoms with Gasteiger partial charge in [-0.15, -0.1) is 0 Å². The number of aromatic hydroxyl groups is 1. The topological polar surface area (TPSA) is 52.5 Å². The molecule has 102 valence electrons. The SMILES string of the molecule is CC(O)CCCNC(C)CCc1ccc(O)cc1. The largest absolute Gasteiger partial charge is 0.508 e. The van der Waals surface area contributed by atoms with Crippen LogP contribution in [0.5, 0.6) is 5.75 Å². The lowest BCUT2D eigenvalue weighted by Crippen LogP contribution is -2.27. The van der Waals surface area contributed by atoms with E-state index in [4.69, 9.17) is 5.11 Å². The average molecular weight is 251 g/mol. The quantitative estimate of drug-likeness (QED) is 0.622. The van der Waals surface area contributed by atoms with Gasteiger partial charge in [0.15, 0.2) is 0 Å². The van der Waals surface area contributed by atoms with Crippen molar-refractivity contribution in [2.45, 2.75) is 51.7 Å². The Labute approximate surface area is 110 Å².